The minimum Gasteiger partial charge on any atom is -0.342 e. The minimum absolute atomic E-state index is 0.178. The Hall–Kier alpha value is -2.15. The van der Waals surface area contributed by atoms with Gasteiger partial charge in [-0.3, -0.25) is 4.79 Å². The second-order valence-corrected chi connectivity index (χ2v) is 7.60. The number of amides is 1. The van der Waals surface area contributed by atoms with Crippen LogP contribution in [0, 0.1) is 12.8 Å². The number of carbonyl (C=O) groups excluding carboxylic acids is 1. The monoisotopic (exact) mass is 355 g/mol. The number of aromatic nitrogens is 4. The number of piperidine rings is 1. The lowest BCUT2D eigenvalue weighted by Gasteiger charge is -2.30. The number of nitrogens with zero attached hydrogens (tertiary/aromatic N) is 5. The van der Waals surface area contributed by atoms with Crippen molar-refractivity contribution >= 4 is 34.2 Å². The molecule has 3 heterocycles. The van der Waals surface area contributed by atoms with Crippen LogP contribution in [0.1, 0.15) is 25.6 Å². The Morgan fingerprint density at radius 1 is 1.24 bits per heavy atom. The number of carbonyl (C=O) groups is 1. The molecule has 2 aromatic heterocycles. The van der Waals surface area contributed by atoms with Crippen molar-refractivity contribution in [1.29, 1.82) is 0 Å². The second-order valence-electron chi connectivity index (χ2n) is 6.66. The third-order valence-corrected chi connectivity index (χ3v) is 5.63. The van der Waals surface area contributed by atoms with Crippen LogP contribution in [0.5, 0.6) is 0 Å². The van der Waals surface area contributed by atoms with Gasteiger partial charge in [0.25, 0.3) is 0 Å². The Labute approximate surface area is 150 Å². The number of likely N-dealkylation sites (tertiary alicyclic amines) is 1. The Morgan fingerprint density at radius 3 is 2.80 bits per heavy atom. The van der Waals surface area contributed by atoms with Crippen LogP contribution in [0.3, 0.4) is 0 Å². The van der Waals surface area contributed by atoms with Gasteiger partial charge in [0.1, 0.15) is 5.82 Å². The van der Waals surface area contributed by atoms with Crippen LogP contribution in [0.15, 0.2) is 29.4 Å². The van der Waals surface area contributed by atoms with Crippen molar-refractivity contribution in [2.45, 2.75) is 31.8 Å². The molecule has 0 saturated carbocycles. The molecule has 3 aromatic rings. The van der Waals surface area contributed by atoms with Gasteiger partial charge in [-0.25, -0.2) is 9.97 Å². The van der Waals surface area contributed by atoms with Gasteiger partial charge < -0.3 is 4.90 Å². The van der Waals surface area contributed by atoms with Gasteiger partial charge in [-0.2, -0.15) is 4.52 Å². The largest absolute Gasteiger partial charge is 0.342 e. The lowest BCUT2D eigenvalue weighted by Crippen LogP contribution is -2.38. The number of rotatable bonds is 3. The number of fused-ring (bicyclic) bond motifs is 3. The number of hydrogen-bond donors (Lipinski definition) is 0. The fourth-order valence-corrected chi connectivity index (χ4v) is 4.05. The maximum Gasteiger partial charge on any atom is 0.233 e. The van der Waals surface area contributed by atoms with E-state index in [2.05, 4.69) is 17.0 Å². The molecule has 0 unspecified atom stereocenters. The van der Waals surface area contributed by atoms with Crippen molar-refractivity contribution < 1.29 is 4.79 Å². The van der Waals surface area contributed by atoms with E-state index in [0.29, 0.717) is 16.7 Å². The quantitative estimate of drug-likeness (QED) is 0.534. The molecule has 25 heavy (non-hydrogen) atoms. The van der Waals surface area contributed by atoms with Crippen molar-refractivity contribution in [2.75, 3.05) is 18.8 Å². The van der Waals surface area contributed by atoms with Crippen LogP contribution in [0.4, 0.5) is 0 Å². The number of thioether (sulfide) groups is 1. The van der Waals surface area contributed by atoms with Crippen molar-refractivity contribution in [2.24, 2.45) is 5.92 Å². The predicted molar refractivity (Wildman–Crippen MR) is 98.7 cm³/mol. The molecule has 7 heteroatoms. The Balaban J connectivity index is 1.59. The molecule has 1 saturated heterocycles. The number of benzene rings is 1. The van der Waals surface area contributed by atoms with Crippen molar-refractivity contribution in [3.8, 4) is 0 Å². The van der Waals surface area contributed by atoms with E-state index in [9.17, 15) is 4.79 Å². The Morgan fingerprint density at radius 2 is 2.00 bits per heavy atom. The van der Waals surface area contributed by atoms with Gasteiger partial charge in [-0.05, 0) is 37.8 Å². The third-order valence-electron chi connectivity index (χ3n) is 4.72. The zero-order valence-electron chi connectivity index (χ0n) is 14.5. The number of hydrogen-bond acceptors (Lipinski definition) is 5. The zero-order valence-corrected chi connectivity index (χ0v) is 15.3. The molecule has 0 radical (unpaired) electrons. The maximum absolute atomic E-state index is 12.5. The van der Waals surface area contributed by atoms with Gasteiger partial charge in [-0.1, -0.05) is 30.8 Å². The highest BCUT2D eigenvalue weighted by Crippen LogP contribution is 2.24. The van der Waals surface area contributed by atoms with Crippen molar-refractivity contribution in [3.05, 3.63) is 30.1 Å². The molecule has 1 aromatic carbocycles. The smallest absolute Gasteiger partial charge is 0.233 e. The van der Waals surface area contributed by atoms with E-state index in [1.54, 1.807) is 4.52 Å². The molecule has 0 bridgehead atoms. The Kier molecular flexibility index (Phi) is 4.33. The molecule has 130 valence electrons. The summed E-state index contributed by atoms with van der Waals surface area (Å²) in [6.45, 7) is 5.85. The predicted octanol–water partition coefficient (Wildman–Crippen LogP) is 2.94. The second kappa shape index (κ2) is 6.63. The van der Waals surface area contributed by atoms with Crippen LogP contribution in [0.25, 0.3) is 16.6 Å². The molecule has 6 nitrogen and oxygen atoms in total. The molecular formula is C18H21N5OS. The van der Waals surface area contributed by atoms with Gasteiger partial charge >= 0.3 is 0 Å². The number of aryl methyl sites for hydroxylation is 1. The Bertz CT molecular complexity index is 930. The first-order valence-corrected chi connectivity index (χ1v) is 9.63. The molecule has 1 fully saturated rings. The molecule has 0 aliphatic carbocycles. The molecule has 1 amide bonds. The summed E-state index contributed by atoms with van der Waals surface area (Å²) in [5.41, 5.74) is 1.67. The first kappa shape index (κ1) is 16.3. The molecular weight excluding hydrogens is 334 g/mol. The highest BCUT2D eigenvalue weighted by atomic mass is 32.2. The standard InChI is InChI=1S/C18H21N5OS/c1-12-7-9-22(10-8-12)16(24)11-25-18-20-15-6-4-3-5-14(15)17-19-13(2)21-23(17)18/h3-6,12H,7-11H2,1-2H3. The van der Waals surface area contributed by atoms with Crippen LogP contribution < -0.4 is 0 Å². The van der Waals surface area contributed by atoms with Crippen molar-refractivity contribution in [3.63, 3.8) is 0 Å². The molecule has 4 rings (SSSR count). The highest BCUT2D eigenvalue weighted by molar-refractivity contribution is 7.99. The van der Waals surface area contributed by atoms with E-state index in [1.165, 1.54) is 11.8 Å². The lowest BCUT2D eigenvalue weighted by molar-refractivity contribution is -0.129. The molecule has 0 spiro atoms. The van der Waals surface area contributed by atoms with Crippen LogP contribution in [-0.2, 0) is 4.79 Å². The highest BCUT2D eigenvalue weighted by Gasteiger charge is 2.21. The summed E-state index contributed by atoms with van der Waals surface area (Å²) < 4.78 is 1.76. The normalized spacial score (nSPS) is 16.0. The summed E-state index contributed by atoms with van der Waals surface area (Å²) in [5, 5.41) is 6.15. The van der Waals surface area contributed by atoms with Gasteiger partial charge in [0, 0.05) is 18.5 Å². The van der Waals surface area contributed by atoms with Crippen molar-refractivity contribution in [1.82, 2.24) is 24.5 Å². The fourth-order valence-electron chi connectivity index (χ4n) is 3.20. The molecule has 1 aliphatic rings. The molecule has 1 aliphatic heterocycles. The van der Waals surface area contributed by atoms with Gasteiger partial charge in [0.05, 0.1) is 11.3 Å². The van der Waals surface area contributed by atoms with E-state index in [0.717, 1.165) is 48.4 Å². The molecule has 0 N–H and O–H groups in total. The average Bonchev–Trinajstić information content (AvgIpc) is 3.02. The average molecular weight is 355 g/mol. The van der Waals surface area contributed by atoms with Crippen LogP contribution >= 0.6 is 11.8 Å². The first-order valence-electron chi connectivity index (χ1n) is 8.64. The van der Waals surface area contributed by atoms with E-state index in [1.807, 2.05) is 36.1 Å². The minimum atomic E-state index is 0.178. The summed E-state index contributed by atoms with van der Waals surface area (Å²) in [6, 6.07) is 7.91. The summed E-state index contributed by atoms with van der Waals surface area (Å²) in [6.07, 6.45) is 2.19. The van der Waals surface area contributed by atoms with E-state index in [4.69, 9.17) is 4.98 Å². The first-order chi connectivity index (χ1) is 12.1. The summed E-state index contributed by atoms with van der Waals surface area (Å²) in [4.78, 5) is 23.7. The van der Waals surface area contributed by atoms with Crippen LogP contribution in [0.2, 0.25) is 0 Å². The van der Waals surface area contributed by atoms with Gasteiger partial charge in [0.2, 0.25) is 5.91 Å². The van der Waals surface area contributed by atoms with Gasteiger partial charge in [0.15, 0.2) is 10.8 Å². The van der Waals surface area contributed by atoms with E-state index < -0.39 is 0 Å². The SMILES string of the molecule is Cc1nc2c3ccccc3nc(SCC(=O)N3CCC(C)CC3)n2n1. The summed E-state index contributed by atoms with van der Waals surface area (Å²) >= 11 is 1.44. The number of para-hydroxylation sites is 1. The summed E-state index contributed by atoms with van der Waals surface area (Å²) in [5.74, 6) is 1.98. The zero-order chi connectivity index (χ0) is 17.4. The molecule has 0 atom stereocenters. The summed E-state index contributed by atoms with van der Waals surface area (Å²) in [7, 11) is 0. The lowest BCUT2D eigenvalue weighted by atomic mass is 9.99. The van der Waals surface area contributed by atoms with Crippen LogP contribution in [-0.4, -0.2) is 49.2 Å². The van der Waals surface area contributed by atoms with Gasteiger partial charge in [-0.15, -0.1) is 5.10 Å². The third kappa shape index (κ3) is 3.20. The maximum atomic E-state index is 12.5. The van der Waals surface area contributed by atoms with E-state index in [-0.39, 0.29) is 5.91 Å². The fraction of sp³-hybridized carbons (Fsp3) is 0.444. The van der Waals surface area contributed by atoms with E-state index >= 15 is 0 Å². The topological polar surface area (TPSA) is 63.4 Å².